The van der Waals surface area contributed by atoms with Crippen LogP contribution < -0.4 is 4.74 Å². The van der Waals surface area contributed by atoms with Crippen molar-refractivity contribution in [1.82, 2.24) is 8.97 Å². The monoisotopic (exact) mass is 682 g/mol. The summed E-state index contributed by atoms with van der Waals surface area (Å²) in [7, 11) is 0. The molecule has 7 rings (SSSR count). The number of benzene rings is 3. The van der Waals surface area contributed by atoms with Gasteiger partial charge in [-0.1, -0.05) is 54.6 Å². The van der Waals surface area contributed by atoms with Gasteiger partial charge in [0.2, 0.25) is 0 Å². The van der Waals surface area contributed by atoms with Crippen LogP contribution in [0.4, 0.5) is 13.2 Å². The Labute approximate surface area is 284 Å². The molecule has 3 aromatic heterocycles. The Morgan fingerprint density at radius 3 is 2.26 bits per heavy atom. The van der Waals surface area contributed by atoms with Crippen molar-refractivity contribution in [3.63, 3.8) is 0 Å². The van der Waals surface area contributed by atoms with Gasteiger partial charge in [0.05, 0.1) is 11.9 Å². The molecule has 0 amide bonds. The summed E-state index contributed by atoms with van der Waals surface area (Å²) in [5, 5.41) is 35.6. The largest absolute Gasteiger partial charge is 0.573 e. The Morgan fingerprint density at radius 1 is 0.860 bits per heavy atom. The number of pyridine rings is 1. The van der Waals surface area contributed by atoms with Crippen LogP contribution in [0, 0.1) is 13.8 Å². The van der Waals surface area contributed by atoms with Crippen LogP contribution in [0.1, 0.15) is 39.2 Å². The van der Waals surface area contributed by atoms with Crippen molar-refractivity contribution in [1.29, 1.82) is 0 Å². The number of hydrogen-bond donors (Lipinski definition) is 2. The van der Waals surface area contributed by atoms with E-state index in [1.807, 2.05) is 53.8 Å². The number of halogens is 3. The van der Waals surface area contributed by atoms with E-state index < -0.39 is 12.3 Å². The molecule has 50 heavy (non-hydrogen) atoms. The van der Waals surface area contributed by atoms with Gasteiger partial charge in [-0.3, -0.25) is 4.79 Å². The zero-order chi connectivity index (χ0) is 35.4. The summed E-state index contributed by atoms with van der Waals surface area (Å²) in [6.45, 7) is 4.65. The summed E-state index contributed by atoms with van der Waals surface area (Å²) < 4.78 is 45.3. The van der Waals surface area contributed by atoms with Gasteiger partial charge in [0.15, 0.2) is 6.17 Å². The number of fused-ring (bicyclic) bond motifs is 2. The van der Waals surface area contributed by atoms with Gasteiger partial charge < -0.3 is 23.9 Å². The summed E-state index contributed by atoms with van der Waals surface area (Å²) >= 11 is 0. The molecule has 0 aliphatic carbocycles. The Kier molecular flexibility index (Phi) is 9.66. The lowest BCUT2D eigenvalue weighted by atomic mass is 10.0. The van der Waals surface area contributed by atoms with Gasteiger partial charge in [0.25, 0.3) is 0 Å². The van der Waals surface area contributed by atoms with Gasteiger partial charge >= 0.3 is 12.3 Å². The van der Waals surface area contributed by atoms with E-state index in [0.717, 1.165) is 45.3 Å². The summed E-state index contributed by atoms with van der Waals surface area (Å²) in [6, 6.07) is 27.2. The van der Waals surface area contributed by atoms with Gasteiger partial charge in [-0.15, -0.1) is 23.4 Å². The van der Waals surface area contributed by atoms with E-state index in [1.165, 1.54) is 23.8 Å². The summed E-state index contributed by atoms with van der Waals surface area (Å²) in [5.41, 5.74) is 8.22. The van der Waals surface area contributed by atoms with Gasteiger partial charge in [0.1, 0.15) is 11.5 Å². The van der Waals surface area contributed by atoms with E-state index in [1.54, 1.807) is 24.4 Å². The van der Waals surface area contributed by atoms with Crippen LogP contribution in [-0.4, -0.2) is 37.7 Å². The molecule has 0 radical (unpaired) electrons. The topological polar surface area (TPSA) is 126 Å². The van der Waals surface area contributed by atoms with Crippen molar-refractivity contribution in [3.8, 4) is 11.5 Å². The molecule has 6 aromatic rings. The van der Waals surface area contributed by atoms with Crippen molar-refractivity contribution >= 4 is 22.4 Å². The van der Waals surface area contributed by atoms with E-state index in [-0.39, 0.29) is 24.1 Å². The van der Waals surface area contributed by atoms with Crippen molar-refractivity contribution in [2.24, 2.45) is 20.7 Å². The maximum absolute atomic E-state index is 12.4. The van der Waals surface area contributed by atoms with Gasteiger partial charge in [-0.05, 0) is 94.9 Å². The Morgan fingerprint density at radius 2 is 1.54 bits per heavy atom. The maximum Gasteiger partial charge on any atom is 0.573 e. The Balaban J connectivity index is 0.000000173. The number of rotatable bonds is 9. The number of phenolic OH excluding ortho intramolecular Hbond substituents is 1. The molecule has 0 fully saturated rings. The number of ether oxygens (including phenoxy) is 1. The molecule has 1 aliphatic rings. The number of carboxylic acid groups (broad SMARTS) is 1. The molecule has 0 unspecified atom stereocenters. The van der Waals surface area contributed by atoms with Crippen LogP contribution in [0.5, 0.6) is 11.5 Å². The Bertz CT molecular complexity index is 2210. The fraction of sp³-hybridized carbons (Fsp3) is 0.216. The molecule has 4 heterocycles. The van der Waals surface area contributed by atoms with Crippen LogP contribution >= 0.6 is 0 Å². The predicted octanol–water partition coefficient (Wildman–Crippen LogP) is 8.77. The molecule has 0 spiro atoms. The molecule has 0 bridgehead atoms. The molecule has 0 saturated carbocycles. The lowest BCUT2D eigenvalue weighted by Crippen LogP contribution is -2.17. The first-order valence-corrected chi connectivity index (χ1v) is 15.8. The number of hydrogen-bond acceptors (Lipinski definition) is 7. The zero-order valence-corrected chi connectivity index (χ0v) is 27.2. The minimum absolute atomic E-state index is 0.131. The third-order valence-corrected chi connectivity index (χ3v) is 8.61. The van der Waals surface area contributed by atoms with Crippen molar-refractivity contribution < 1.29 is 32.9 Å². The number of alkyl halides is 3. The van der Waals surface area contributed by atoms with Gasteiger partial charge in [0, 0.05) is 41.5 Å². The first-order chi connectivity index (χ1) is 24.0. The minimum Gasteiger partial charge on any atom is -0.507 e. The summed E-state index contributed by atoms with van der Waals surface area (Å²) in [4.78, 5) is 11.2. The van der Waals surface area contributed by atoms with Crippen molar-refractivity contribution in [2.45, 2.75) is 52.2 Å². The second-order valence-corrected chi connectivity index (χ2v) is 11.9. The van der Waals surface area contributed by atoms with Crippen LogP contribution in [0.15, 0.2) is 118 Å². The van der Waals surface area contributed by atoms with Crippen LogP contribution in [-0.2, 0) is 30.6 Å². The molecular weight excluding hydrogens is 649 g/mol. The molecule has 10 nitrogen and oxygen atoms in total. The molecule has 0 saturated heterocycles. The minimum atomic E-state index is -4.74. The zero-order valence-electron chi connectivity index (χ0n) is 27.2. The SMILES string of the molecule is Cc1c(CC2N=NN=N2)c2c(O)cccc2n1Cc1ccccc1.Cc1c(Cc2cccc(OC(F)(F)F)c2)c2ccccn2c1CC(=O)O. The Hall–Kier alpha value is -5.98. The standard InChI is InChI=1S/C19H16F3NO3.C18H17N5O/c1-12-15(10-13-5-4-6-14(9-13)26-19(20,21)22)16-7-2-3-8-23(16)17(12)11-18(24)25;1-12-14(10-17-19-21-22-20-17)18-15(8-5-9-16(18)24)23(12)11-13-6-3-2-4-7-13/h2-9H,10-11H2,1H3,(H,24,25);2-9,17,24H,10-11H2,1H3. The molecule has 3 aromatic carbocycles. The normalized spacial score (nSPS) is 12.8. The van der Waals surface area contributed by atoms with Crippen molar-refractivity contribution in [3.05, 3.63) is 136 Å². The number of aliphatic carboxylic acids is 1. The van der Waals surface area contributed by atoms with Gasteiger partial charge in [-0.25, -0.2) is 0 Å². The highest BCUT2D eigenvalue weighted by Crippen LogP contribution is 2.35. The molecule has 256 valence electrons. The quantitative estimate of drug-likeness (QED) is 0.158. The summed E-state index contributed by atoms with van der Waals surface area (Å²) in [5.74, 6) is -0.935. The third kappa shape index (κ3) is 7.51. The predicted molar refractivity (Wildman–Crippen MR) is 180 cm³/mol. The fourth-order valence-electron chi connectivity index (χ4n) is 6.37. The first kappa shape index (κ1) is 33.9. The van der Waals surface area contributed by atoms with Gasteiger partial charge in [-0.2, -0.15) is 0 Å². The molecule has 13 heteroatoms. The number of carbonyl (C=O) groups is 1. The highest BCUT2D eigenvalue weighted by Gasteiger charge is 2.31. The van der Waals surface area contributed by atoms with E-state index in [2.05, 4.69) is 49.0 Å². The average molecular weight is 683 g/mol. The number of aromatic hydroxyl groups is 1. The second-order valence-electron chi connectivity index (χ2n) is 11.9. The molecule has 0 atom stereocenters. The first-order valence-electron chi connectivity index (χ1n) is 15.8. The maximum atomic E-state index is 12.4. The van der Waals surface area contributed by atoms with Crippen LogP contribution in [0.3, 0.4) is 0 Å². The lowest BCUT2D eigenvalue weighted by molar-refractivity contribution is -0.274. The highest BCUT2D eigenvalue weighted by molar-refractivity contribution is 5.91. The average Bonchev–Trinajstić information content (AvgIpc) is 3.76. The number of carboxylic acids is 1. The fourth-order valence-corrected chi connectivity index (χ4v) is 6.37. The smallest absolute Gasteiger partial charge is 0.507 e. The van der Waals surface area contributed by atoms with E-state index in [9.17, 15) is 23.1 Å². The second kappa shape index (κ2) is 14.2. The highest BCUT2D eigenvalue weighted by atomic mass is 19.4. The third-order valence-electron chi connectivity index (χ3n) is 8.61. The van der Waals surface area contributed by atoms with E-state index in [4.69, 9.17) is 5.11 Å². The number of phenols is 1. The van der Waals surface area contributed by atoms with Crippen LogP contribution in [0.25, 0.3) is 16.4 Å². The van der Waals surface area contributed by atoms with E-state index >= 15 is 0 Å². The molecule has 2 N–H and O–H groups in total. The molecular formula is C37H33F3N6O4. The number of nitrogens with zero attached hydrogens (tertiary/aromatic N) is 6. The van der Waals surface area contributed by atoms with Crippen LogP contribution in [0.2, 0.25) is 0 Å². The van der Waals surface area contributed by atoms with Crippen molar-refractivity contribution in [2.75, 3.05) is 0 Å². The molecule has 1 aliphatic heterocycles. The summed E-state index contributed by atoms with van der Waals surface area (Å²) in [6.07, 6.45) is -2.45. The number of aromatic nitrogens is 2. The lowest BCUT2D eigenvalue weighted by Gasteiger charge is -2.10. The van der Waals surface area contributed by atoms with E-state index in [0.29, 0.717) is 24.1 Å².